The van der Waals surface area contributed by atoms with Crippen molar-refractivity contribution >= 4 is 44.9 Å². The summed E-state index contributed by atoms with van der Waals surface area (Å²) in [5, 5.41) is 10.1. The van der Waals surface area contributed by atoms with Gasteiger partial charge in [-0.3, -0.25) is 19.5 Å². The maximum absolute atomic E-state index is 13.5. The Hall–Kier alpha value is -4.07. The zero-order valence-electron chi connectivity index (χ0n) is 28.0. The molecule has 2 fully saturated rings. The van der Waals surface area contributed by atoms with Crippen LogP contribution >= 0.6 is 23.2 Å². The number of methoxy groups -OCH3 is 1. The summed E-state index contributed by atoms with van der Waals surface area (Å²) in [6.45, 7) is 2.62. The predicted octanol–water partition coefficient (Wildman–Crippen LogP) is 5.03. The maximum atomic E-state index is 13.5. The molecule has 11 nitrogen and oxygen atoms in total. The van der Waals surface area contributed by atoms with Crippen LogP contribution in [0.1, 0.15) is 36.8 Å². The third-order valence-electron chi connectivity index (χ3n) is 9.69. The highest BCUT2D eigenvalue weighted by atomic mass is 35.5. The number of benzene rings is 2. The van der Waals surface area contributed by atoms with Gasteiger partial charge < -0.3 is 20.7 Å². The zero-order valence-corrected chi connectivity index (χ0v) is 30.4. The van der Waals surface area contributed by atoms with Crippen molar-refractivity contribution in [2.75, 3.05) is 32.5 Å². The van der Waals surface area contributed by atoms with Crippen LogP contribution in [0.5, 0.6) is 5.88 Å². The molecule has 5 heterocycles. The Labute approximate surface area is 307 Å². The van der Waals surface area contributed by atoms with E-state index >= 15 is 0 Å². The number of nitrogens with one attached hydrogen (secondary N) is 3. The molecule has 0 bridgehead atoms. The highest BCUT2D eigenvalue weighted by Gasteiger charge is 2.30. The highest BCUT2D eigenvalue weighted by Crippen LogP contribution is 2.42. The van der Waals surface area contributed by atoms with Gasteiger partial charge in [-0.2, -0.15) is 0 Å². The summed E-state index contributed by atoms with van der Waals surface area (Å²) >= 11 is 14.1. The molecule has 2 aromatic carbocycles. The molecule has 3 aliphatic heterocycles. The molecule has 2 amide bonds. The lowest BCUT2D eigenvalue weighted by Gasteiger charge is -2.23. The van der Waals surface area contributed by atoms with Gasteiger partial charge >= 0.3 is 0 Å². The lowest BCUT2D eigenvalue weighted by atomic mass is 9.99. The lowest BCUT2D eigenvalue weighted by molar-refractivity contribution is -0.120. The fourth-order valence-corrected chi connectivity index (χ4v) is 9.22. The van der Waals surface area contributed by atoms with Crippen molar-refractivity contribution in [3.8, 4) is 39.5 Å². The van der Waals surface area contributed by atoms with E-state index in [4.69, 9.17) is 32.9 Å². The second-order valence-corrected chi connectivity index (χ2v) is 16.0. The number of rotatable bonds is 10. The Bertz CT molecular complexity index is 2110. The molecule has 2 atom stereocenters. The smallest absolute Gasteiger partial charge is 0.220 e. The SMILES string of the molecule is COc1nc(-c2cccc(-c3ccnc(-c4ccc5c(c4)S(=O)(=O)CCN(C[C@H]4CCC(=O)N4)C5)c3Cl)c2Cl)ccc1CNCC1CCC(=O)N1. The number of ether oxygens (including phenoxy) is 1. The summed E-state index contributed by atoms with van der Waals surface area (Å²) in [6, 6.07) is 16.7. The second-order valence-electron chi connectivity index (χ2n) is 13.2. The van der Waals surface area contributed by atoms with Gasteiger partial charge in [0.05, 0.1) is 39.2 Å². The summed E-state index contributed by atoms with van der Waals surface area (Å²) in [5.74, 6) is 0.562. The first-order valence-corrected chi connectivity index (χ1v) is 19.4. The van der Waals surface area contributed by atoms with Gasteiger partial charge in [0, 0.05) is 91.7 Å². The normalized spacial score (nSPS) is 20.1. The average Bonchev–Trinajstić information content (AvgIpc) is 3.71. The Morgan fingerprint density at radius 3 is 2.43 bits per heavy atom. The predicted molar refractivity (Wildman–Crippen MR) is 196 cm³/mol. The number of nitrogens with zero attached hydrogens (tertiary/aromatic N) is 3. The van der Waals surface area contributed by atoms with Crippen molar-refractivity contribution in [1.82, 2.24) is 30.8 Å². The first-order valence-electron chi connectivity index (χ1n) is 16.9. The Kier molecular flexibility index (Phi) is 10.3. The van der Waals surface area contributed by atoms with Crippen LogP contribution in [0.15, 0.2) is 65.7 Å². The number of pyridine rings is 2. The molecule has 4 aromatic rings. The summed E-state index contributed by atoms with van der Waals surface area (Å²) in [6.07, 6.45) is 4.26. The molecule has 0 aliphatic carbocycles. The topological polar surface area (TPSA) is 143 Å². The van der Waals surface area contributed by atoms with Gasteiger partial charge in [0.15, 0.2) is 9.84 Å². The molecular weight excluding hydrogens is 711 g/mol. The number of aromatic nitrogens is 2. The number of hydrogen-bond acceptors (Lipinski definition) is 9. The van der Waals surface area contributed by atoms with Crippen LogP contribution in [0.2, 0.25) is 10.0 Å². The monoisotopic (exact) mass is 748 g/mol. The fraction of sp³-hybridized carbons (Fsp3) is 0.351. The van der Waals surface area contributed by atoms with E-state index < -0.39 is 9.84 Å². The Morgan fingerprint density at radius 2 is 1.69 bits per heavy atom. The van der Waals surface area contributed by atoms with Crippen molar-refractivity contribution in [2.24, 2.45) is 0 Å². The molecule has 7 rings (SSSR count). The van der Waals surface area contributed by atoms with Gasteiger partial charge in [-0.25, -0.2) is 13.4 Å². The minimum atomic E-state index is -3.58. The minimum absolute atomic E-state index is 0.0235. The molecule has 266 valence electrons. The molecule has 0 radical (unpaired) electrons. The van der Waals surface area contributed by atoms with E-state index in [1.54, 1.807) is 25.4 Å². The van der Waals surface area contributed by atoms with Crippen LogP contribution in [-0.4, -0.2) is 79.7 Å². The largest absolute Gasteiger partial charge is 0.481 e. The lowest BCUT2D eigenvalue weighted by Crippen LogP contribution is -2.39. The van der Waals surface area contributed by atoms with Crippen molar-refractivity contribution in [3.63, 3.8) is 0 Å². The molecule has 0 saturated carbocycles. The van der Waals surface area contributed by atoms with Crippen molar-refractivity contribution in [3.05, 3.63) is 82.0 Å². The first kappa shape index (κ1) is 35.3. The maximum Gasteiger partial charge on any atom is 0.220 e. The molecule has 3 N–H and O–H groups in total. The second kappa shape index (κ2) is 14.9. The van der Waals surface area contributed by atoms with E-state index in [0.717, 1.165) is 18.4 Å². The van der Waals surface area contributed by atoms with Crippen LogP contribution in [0, 0.1) is 0 Å². The van der Waals surface area contributed by atoms with Gasteiger partial charge in [0.1, 0.15) is 0 Å². The standard InChI is InChI=1S/C37H38Cl2N6O5S/c1-50-37-23(18-40-19-25-8-11-32(46)42-25)7-10-30(44-37)29-4-2-3-27(34(29)38)28-13-14-41-36(35(28)39)22-5-6-24-20-45(21-26-9-12-33(47)43-26)15-16-51(48,49)31(24)17-22/h2-7,10,13-14,17,25-26,40H,8-9,11-12,15-16,18-21H2,1H3,(H,42,46)(H,43,47)/t25?,26-/m1/s1. The third kappa shape index (κ3) is 7.61. The number of amides is 2. The van der Waals surface area contributed by atoms with Gasteiger partial charge in [0.2, 0.25) is 17.7 Å². The highest BCUT2D eigenvalue weighted by molar-refractivity contribution is 7.91. The van der Waals surface area contributed by atoms with Crippen LogP contribution in [0.25, 0.3) is 33.6 Å². The summed E-state index contributed by atoms with van der Waals surface area (Å²) in [4.78, 5) is 34.9. The molecule has 1 unspecified atom stereocenters. The molecule has 2 saturated heterocycles. The molecule has 0 spiro atoms. The number of fused-ring (bicyclic) bond motifs is 1. The Morgan fingerprint density at radius 1 is 0.941 bits per heavy atom. The number of sulfone groups is 1. The number of carbonyl (C=O) groups excluding carboxylic acids is 2. The first-order chi connectivity index (χ1) is 24.6. The van der Waals surface area contributed by atoms with E-state index in [9.17, 15) is 18.0 Å². The van der Waals surface area contributed by atoms with Crippen molar-refractivity contribution in [1.29, 1.82) is 0 Å². The van der Waals surface area contributed by atoms with Crippen LogP contribution in [0.3, 0.4) is 0 Å². The number of halogens is 2. The average molecular weight is 750 g/mol. The molecule has 2 aromatic heterocycles. The molecule has 51 heavy (non-hydrogen) atoms. The van der Waals surface area contributed by atoms with E-state index in [1.807, 2.05) is 42.5 Å². The van der Waals surface area contributed by atoms with Crippen molar-refractivity contribution in [2.45, 2.75) is 55.8 Å². The summed E-state index contributed by atoms with van der Waals surface area (Å²) in [7, 11) is -2.01. The Balaban J connectivity index is 1.14. The van der Waals surface area contributed by atoms with Gasteiger partial charge in [-0.15, -0.1) is 0 Å². The van der Waals surface area contributed by atoms with Gasteiger partial charge in [-0.05, 0) is 36.6 Å². The molecule has 14 heteroatoms. The quantitative estimate of drug-likeness (QED) is 0.204. The summed E-state index contributed by atoms with van der Waals surface area (Å²) < 4.78 is 32.6. The van der Waals surface area contributed by atoms with Crippen molar-refractivity contribution < 1.29 is 22.7 Å². The molecular formula is C37H38Cl2N6O5S. The number of carbonyl (C=O) groups is 2. The zero-order chi connectivity index (χ0) is 35.7. The van der Waals surface area contributed by atoms with E-state index in [1.165, 1.54) is 0 Å². The van der Waals surface area contributed by atoms with Crippen LogP contribution in [0.4, 0.5) is 0 Å². The van der Waals surface area contributed by atoms with Crippen LogP contribution < -0.4 is 20.7 Å². The fourth-order valence-electron chi connectivity index (χ4n) is 7.02. The van der Waals surface area contributed by atoms with E-state index in [0.29, 0.717) is 101 Å². The van der Waals surface area contributed by atoms with Gasteiger partial charge in [-0.1, -0.05) is 59.6 Å². The summed E-state index contributed by atoms with van der Waals surface area (Å²) in [5.41, 5.74) is 5.22. The molecule has 3 aliphatic rings. The number of hydrogen-bond donors (Lipinski definition) is 3. The third-order valence-corrected chi connectivity index (χ3v) is 12.2. The van der Waals surface area contributed by atoms with Gasteiger partial charge in [0.25, 0.3) is 0 Å². The minimum Gasteiger partial charge on any atom is -0.481 e. The van der Waals surface area contributed by atoms with E-state index in [-0.39, 0.29) is 34.5 Å². The van der Waals surface area contributed by atoms with E-state index in [2.05, 4.69) is 25.8 Å². The van der Waals surface area contributed by atoms with Crippen LogP contribution in [-0.2, 0) is 32.5 Å².